The van der Waals surface area contributed by atoms with Gasteiger partial charge in [0.15, 0.2) is 0 Å². The summed E-state index contributed by atoms with van der Waals surface area (Å²) in [5.41, 5.74) is 5.71. The third-order valence-corrected chi connectivity index (χ3v) is 7.62. The van der Waals surface area contributed by atoms with Crippen LogP contribution in [0.15, 0.2) is 48.5 Å². The molecule has 5 heteroatoms. The summed E-state index contributed by atoms with van der Waals surface area (Å²) in [6.07, 6.45) is 3.25. The number of piperazine rings is 1. The number of nitrogens with one attached hydrogen (secondary N) is 1. The van der Waals surface area contributed by atoms with Crippen LogP contribution >= 0.6 is 0 Å². The number of morpholine rings is 1. The van der Waals surface area contributed by atoms with Gasteiger partial charge in [0.25, 0.3) is 0 Å². The van der Waals surface area contributed by atoms with E-state index in [4.69, 9.17) is 4.74 Å². The quantitative estimate of drug-likeness (QED) is 0.633. The van der Waals surface area contributed by atoms with Gasteiger partial charge in [0.05, 0.1) is 13.2 Å². The number of benzene rings is 2. The van der Waals surface area contributed by atoms with Gasteiger partial charge < -0.3 is 19.9 Å². The number of nitrogens with zero attached hydrogens (tertiary/aromatic N) is 3. The molecule has 5 nitrogen and oxygen atoms in total. The Balaban J connectivity index is 1.42. The average Bonchev–Trinajstić information content (AvgIpc) is 2.86. The zero-order valence-corrected chi connectivity index (χ0v) is 20.9. The van der Waals surface area contributed by atoms with Crippen LogP contribution in [-0.2, 0) is 24.1 Å². The van der Waals surface area contributed by atoms with E-state index in [9.17, 15) is 0 Å². The molecule has 2 aliphatic rings. The van der Waals surface area contributed by atoms with Crippen LogP contribution in [0.2, 0.25) is 0 Å². The number of ether oxygens (including phenoxy) is 1. The Morgan fingerprint density at radius 1 is 0.818 bits per heavy atom. The van der Waals surface area contributed by atoms with Crippen LogP contribution in [0.4, 0.5) is 5.69 Å². The van der Waals surface area contributed by atoms with Crippen molar-refractivity contribution in [2.24, 2.45) is 0 Å². The summed E-state index contributed by atoms with van der Waals surface area (Å²) in [5, 5.41) is 3.44. The zero-order chi connectivity index (χ0) is 23.1. The molecule has 2 saturated heterocycles. The molecule has 33 heavy (non-hydrogen) atoms. The van der Waals surface area contributed by atoms with Crippen molar-refractivity contribution in [3.05, 3.63) is 65.2 Å². The molecule has 2 aromatic rings. The minimum atomic E-state index is 0.113. The summed E-state index contributed by atoms with van der Waals surface area (Å²) in [5.74, 6) is 0. The van der Waals surface area contributed by atoms with E-state index < -0.39 is 0 Å². The molecule has 0 amide bonds. The molecular formula is C28H42N4O. The van der Waals surface area contributed by atoms with Gasteiger partial charge in [0, 0.05) is 57.0 Å². The first-order valence-electron chi connectivity index (χ1n) is 12.7. The highest BCUT2D eigenvalue weighted by atomic mass is 16.5. The van der Waals surface area contributed by atoms with Gasteiger partial charge in [0.2, 0.25) is 0 Å². The molecule has 2 heterocycles. The van der Waals surface area contributed by atoms with Gasteiger partial charge in [-0.15, -0.1) is 0 Å². The lowest BCUT2D eigenvalue weighted by molar-refractivity contribution is 0.0342. The Morgan fingerprint density at radius 2 is 1.36 bits per heavy atom. The molecule has 1 atom stereocenters. The molecule has 180 valence electrons. The second-order valence-electron chi connectivity index (χ2n) is 9.93. The molecular weight excluding hydrogens is 408 g/mol. The minimum Gasteiger partial charge on any atom is -0.379 e. The summed E-state index contributed by atoms with van der Waals surface area (Å²) < 4.78 is 5.48. The van der Waals surface area contributed by atoms with E-state index in [0.29, 0.717) is 0 Å². The van der Waals surface area contributed by atoms with Crippen molar-refractivity contribution in [1.29, 1.82) is 0 Å². The van der Waals surface area contributed by atoms with Gasteiger partial charge in [0.1, 0.15) is 0 Å². The fourth-order valence-electron chi connectivity index (χ4n) is 5.23. The van der Waals surface area contributed by atoms with E-state index in [2.05, 4.69) is 89.6 Å². The highest BCUT2D eigenvalue weighted by Gasteiger charge is 2.31. The second kappa shape index (κ2) is 11.5. The fraction of sp³-hybridized carbons (Fsp3) is 0.571. The Bertz CT molecular complexity index is 839. The number of hydrogen-bond donors (Lipinski definition) is 1. The fourth-order valence-corrected chi connectivity index (χ4v) is 5.23. The van der Waals surface area contributed by atoms with Gasteiger partial charge >= 0.3 is 0 Å². The standard InChI is InChI=1S/C28H42N4O/c1-4-28(30(2)3,22-25-9-11-27(12-10-25)32-15-13-29-14-16-32)21-24-5-7-26(8-6-24)23-31-17-19-33-20-18-31/h5-12,29H,4,13-23H2,1-3H3. The molecule has 0 bridgehead atoms. The molecule has 2 fully saturated rings. The van der Waals surface area contributed by atoms with Gasteiger partial charge in [-0.2, -0.15) is 0 Å². The number of rotatable bonds is 9. The first-order chi connectivity index (χ1) is 16.1. The largest absolute Gasteiger partial charge is 0.379 e. The van der Waals surface area contributed by atoms with Crippen LogP contribution in [0, 0.1) is 0 Å². The van der Waals surface area contributed by atoms with Crippen molar-refractivity contribution in [1.82, 2.24) is 15.1 Å². The normalized spacial score (nSPS) is 19.6. The first kappa shape index (κ1) is 24.2. The van der Waals surface area contributed by atoms with Crippen LogP contribution < -0.4 is 10.2 Å². The molecule has 0 aliphatic carbocycles. The van der Waals surface area contributed by atoms with Crippen molar-refractivity contribution in [3.8, 4) is 0 Å². The van der Waals surface area contributed by atoms with Gasteiger partial charge in [-0.1, -0.05) is 43.3 Å². The van der Waals surface area contributed by atoms with Gasteiger partial charge in [-0.3, -0.25) is 4.90 Å². The lowest BCUT2D eigenvalue weighted by Crippen LogP contribution is -2.47. The molecule has 1 N–H and O–H groups in total. The lowest BCUT2D eigenvalue weighted by Gasteiger charge is -2.40. The van der Waals surface area contributed by atoms with Crippen LogP contribution in [0.3, 0.4) is 0 Å². The van der Waals surface area contributed by atoms with Crippen LogP contribution in [0.1, 0.15) is 30.0 Å². The summed E-state index contributed by atoms with van der Waals surface area (Å²) in [6.45, 7) is 11.5. The smallest absolute Gasteiger partial charge is 0.0594 e. The van der Waals surface area contributed by atoms with E-state index in [1.807, 2.05) is 0 Å². The maximum absolute atomic E-state index is 5.48. The van der Waals surface area contributed by atoms with Crippen molar-refractivity contribution in [2.45, 2.75) is 38.3 Å². The molecule has 0 spiro atoms. The Kier molecular flexibility index (Phi) is 8.42. The van der Waals surface area contributed by atoms with E-state index in [-0.39, 0.29) is 5.54 Å². The maximum Gasteiger partial charge on any atom is 0.0594 e. The Labute approximate surface area is 200 Å². The SMILES string of the molecule is CCC(Cc1ccc(CN2CCOCC2)cc1)(Cc1ccc(N2CCNCC2)cc1)N(C)C. The van der Waals surface area contributed by atoms with E-state index >= 15 is 0 Å². The minimum absolute atomic E-state index is 0.113. The Hall–Kier alpha value is -1.92. The topological polar surface area (TPSA) is 31.0 Å². The molecule has 0 saturated carbocycles. The van der Waals surface area contributed by atoms with Gasteiger partial charge in [-0.25, -0.2) is 0 Å². The highest BCUT2D eigenvalue weighted by molar-refractivity contribution is 5.48. The lowest BCUT2D eigenvalue weighted by atomic mass is 9.81. The first-order valence-corrected chi connectivity index (χ1v) is 12.7. The molecule has 2 aromatic carbocycles. The zero-order valence-electron chi connectivity index (χ0n) is 20.9. The Morgan fingerprint density at radius 3 is 1.91 bits per heavy atom. The number of anilines is 1. The van der Waals surface area contributed by atoms with Crippen molar-refractivity contribution in [2.75, 3.05) is 71.5 Å². The second-order valence-corrected chi connectivity index (χ2v) is 9.93. The highest BCUT2D eigenvalue weighted by Crippen LogP contribution is 2.29. The molecule has 0 radical (unpaired) electrons. The van der Waals surface area contributed by atoms with Gasteiger partial charge in [-0.05, 0) is 62.2 Å². The summed E-state index contributed by atoms with van der Waals surface area (Å²) in [6, 6.07) is 18.7. The third kappa shape index (κ3) is 6.36. The molecule has 4 rings (SSSR count). The number of likely N-dealkylation sites (N-methyl/N-ethyl adjacent to an activating group) is 1. The third-order valence-electron chi connectivity index (χ3n) is 7.62. The summed E-state index contributed by atoms with van der Waals surface area (Å²) >= 11 is 0. The monoisotopic (exact) mass is 450 g/mol. The van der Waals surface area contributed by atoms with E-state index in [0.717, 1.165) is 78.3 Å². The van der Waals surface area contributed by atoms with Crippen LogP contribution in [0.25, 0.3) is 0 Å². The maximum atomic E-state index is 5.48. The molecule has 1 unspecified atom stereocenters. The van der Waals surface area contributed by atoms with Crippen molar-refractivity contribution >= 4 is 5.69 Å². The summed E-state index contributed by atoms with van der Waals surface area (Å²) in [7, 11) is 4.48. The molecule has 0 aromatic heterocycles. The van der Waals surface area contributed by atoms with Crippen LogP contribution in [0.5, 0.6) is 0 Å². The number of hydrogen-bond acceptors (Lipinski definition) is 5. The predicted octanol–water partition coefficient (Wildman–Crippen LogP) is 3.42. The average molecular weight is 451 g/mol. The predicted molar refractivity (Wildman–Crippen MR) is 138 cm³/mol. The van der Waals surface area contributed by atoms with E-state index in [1.165, 1.54) is 22.4 Å². The summed E-state index contributed by atoms with van der Waals surface area (Å²) in [4.78, 5) is 7.41. The van der Waals surface area contributed by atoms with Crippen LogP contribution in [-0.4, -0.2) is 81.9 Å². The van der Waals surface area contributed by atoms with Crippen molar-refractivity contribution in [3.63, 3.8) is 0 Å². The van der Waals surface area contributed by atoms with Crippen molar-refractivity contribution < 1.29 is 4.74 Å². The van der Waals surface area contributed by atoms with E-state index in [1.54, 1.807) is 0 Å². The molecule has 2 aliphatic heterocycles.